The molecule has 1 N–H and O–H groups in total. The van der Waals surface area contributed by atoms with Crippen LogP contribution in [0.15, 0.2) is 36.4 Å². The van der Waals surface area contributed by atoms with Gasteiger partial charge in [-0.15, -0.1) is 0 Å². The minimum atomic E-state index is -0.525. The molecule has 0 bridgehead atoms. The fraction of sp³-hybridized carbons (Fsp3) is 0.300. The molecule has 6 heteroatoms. The van der Waals surface area contributed by atoms with Crippen LogP contribution in [0.4, 0.5) is 5.69 Å². The van der Waals surface area contributed by atoms with E-state index in [1.807, 2.05) is 31.2 Å². The van der Waals surface area contributed by atoms with Gasteiger partial charge in [0.15, 0.2) is 0 Å². The first kappa shape index (κ1) is 19.8. The first-order valence-corrected chi connectivity index (χ1v) is 8.72. The number of methoxy groups -OCH3 is 1. The van der Waals surface area contributed by atoms with Gasteiger partial charge in [0, 0.05) is 12.5 Å². The third-order valence-electron chi connectivity index (χ3n) is 3.82. The normalized spacial score (nSPS) is 10.3. The molecule has 2 aromatic carbocycles. The molecule has 26 heavy (non-hydrogen) atoms. The van der Waals surface area contributed by atoms with E-state index in [2.05, 4.69) is 5.32 Å². The predicted octanol–water partition coefficient (Wildman–Crippen LogP) is 4.41. The molecule has 0 atom stereocenters. The summed E-state index contributed by atoms with van der Waals surface area (Å²) >= 11 is 6.20. The van der Waals surface area contributed by atoms with Crippen LogP contribution in [0.1, 0.15) is 34.8 Å². The van der Waals surface area contributed by atoms with Crippen LogP contribution >= 0.6 is 11.6 Å². The van der Waals surface area contributed by atoms with E-state index < -0.39 is 5.97 Å². The highest BCUT2D eigenvalue weighted by molar-refractivity contribution is 6.34. The maximum Gasteiger partial charge on any atom is 0.341 e. The molecule has 0 aliphatic rings. The highest BCUT2D eigenvalue weighted by atomic mass is 35.5. The van der Waals surface area contributed by atoms with Gasteiger partial charge in [-0.25, -0.2) is 4.79 Å². The average Bonchev–Trinajstić information content (AvgIpc) is 2.62. The van der Waals surface area contributed by atoms with Crippen molar-refractivity contribution in [3.05, 3.63) is 58.1 Å². The second-order valence-corrected chi connectivity index (χ2v) is 6.19. The maximum atomic E-state index is 12.2. The zero-order chi connectivity index (χ0) is 19.1. The first-order chi connectivity index (χ1) is 12.4. The van der Waals surface area contributed by atoms with E-state index in [0.29, 0.717) is 24.3 Å². The summed E-state index contributed by atoms with van der Waals surface area (Å²) in [5.41, 5.74) is 2.88. The number of nitrogens with one attached hydrogen (secondary N) is 1. The SMILES string of the molecule is CCOC(=O)c1cc(Cl)c(NC(=O)CCc2ccc(C)cc2)cc1OC. The highest BCUT2D eigenvalue weighted by Crippen LogP contribution is 2.31. The molecule has 0 spiro atoms. The Morgan fingerprint density at radius 2 is 1.85 bits per heavy atom. The number of hydrogen-bond donors (Lipinski definition) is 1. The molecule has 138 valence electrons. The smallest absolute Gasteiger partial charge is 0.341 e. The van der Waals surface area contributed by atoms with Crippen molar-refractivity contribution in [1.29, 1.82) is 0 Å². The van der Waals surface area contributed by atoms with Crippen molar-refractivity contribution < 1.29 is 19.1 Å². The monoisotopic (exact) mass is 375 g/mol. The molecule has 0 fully saturated rings. The molecule has 0 aliphatic carbocycles. The number of halogens is 1. The molecule has 0 unspecified atom stereocenters. The van der Waals surface area contributed by atoms with Gasteiger partial charge in [-0.1, -0.05) is 41.4 Å². The van der Waals surface area contributed by atoms with E-state index in [1.54, 1.807) is 6.92 Å². The Kier molecular flexibility index (Phi) is 7.04. The molecule has 0 radical (unpaired) electrons. The van der Waals surface area contributed by atoms with Crippen molar-refractivity contribution in [2.75, 3.05) is 19.0 Å². The largest absolute Gasteiger partial charge is 0.496 e. The lowest BCUT2D eigenvalue weighted by atomic mass is 10.1. The van der Waals surface area contributed by atoms with Gasteiger partial charge in [0.1, 0.15) is 11.3 Å². The van der Waals surface area contributed by atoms with Crippen LogP contribution in [0, 0.1) is 6.92 Å². The topological polar surface area (TPSA) is 64.6 Å². The number of anilines is 1. The molecule has 0 aromatic heterocycles. The molecule has 2 rings (SSSR count). The summed E-state index contributed by atoms with van der Waals surface area (Å²) in [6.45, 7) is 3.98. The van der Waals surface area contributed by atoms with Gasteiger partial charge in [0.05, 0.1) is 24.4 Å². The molecule has 0 heterocycles. The summed E-state index contributed by atoms with van der Waals surface area (Å²) < 4.78 is 10.2. The van der Waals surface area contributed by atoms with Gasteiger partial charge in [0.25, 0.3) is 0 Å². The molecular formula is C20H22ClNO4. The second kappa shape index (κ2) is 9.25. The molecule has 0 saturated heterocycles. The quantitative estimate of drug-likeness (QED) is 0.728. The second-order valence-electron chi connectivity index (χ2n) is 5.79. The Morgan fingerprint density at radius 1 is 1.15 bits per heavy atom. The van der Waals surface area contributed by atoms with Crippen LogP contribution in [0.5, 0.6) is 5.75 Å². The molecular weight excluding hydrogens is 354 g/mol. The third-order valence-corrected chi connectivity index (χ3v) is 4.13. The summed E-state index contributed by atoms with van der Waals surface area (Å²) in [5, 5.41) is 3.01. The summed E-state index contributed by atoms with van der Waals surface area (Å²) in [4.78, 5) is 24.2. The summed E-state index contributed by atoms with van der Waals surface area (Å²) in [7, 11) is 1.44. The first-order valence-electron chi connectivity index (χ1n) is 8.34. The standard InChI is InChI=1S/C20H22ClNO4/c1-4-26-20(24)15-11-16(21)17(12-18(15)25-3)22-19(23)10-9-14-7-5-13(2)6-8-14/h5-8,11-12H,4,9-10H2,1-3H3,(H,22,23). The zero-order valence-electron chi connectivity index (χ0n) is 15.1. The van der Waals surface area contributed by atoms with Crippen molar-refractivity contribution in [2.45, 2.75) is 26.7 Å². The number of hydrogen-bond acceptors (Lipinski definition) is 4. The highest BCUT2D eigenvalue weighted by Gasteiger charge is 2.18. The van der Waals surface area contributed by atoms with Crippen molar-refractivity contribution in [2.24, 2.45) is 0 Å². The fourth-order valence-corrected chi connectivity index (χ4v) is 2.62. The van der Waals surface area contributed by atoms with Crippen LogP contribution in [-0.4, -0.2) is 25.6 Å². The number of aryl methyl sites for hydroxylation is 2. The van der Waals surface area contributed by atoms with Crippen LogP contribution < -0.4 is 10.1 Å². The Labute approximate surface area is 158 Å². The van der Waals surface area contributed by atoms with E-state index in [-0.39, 0.29) is 23.1 Å². The van der Waals surface area contributed by atoms with E-state index in [1.165, 1.54) is 24.8 Å². The average molecular weight is 376 g/mol. The minimum absolute atomic E-state index is 0.168. The van der Waals surface area contributed by atoms with Crippen LogP contribution in [-0.2, 0) is 16.0 Å². The summed E-state index contributed by atoms with van der Waals surface area (Å²) in [6, 6.07) is 11.0. The van der Waals surface area contributed by atoms with Crippen LogP contribution in [0.2, 0.25) is 5.02 Å². The van der Waals surface area contributed by atoms with Gasteiger partial charge in [0.2, 0.25) is 5.91 Å². The van der Waals surface area contributed by atoms with Crippen LogP contribution in [0.25, 0.3) is 0 Å². The number of esters is 1. The number of benzene rings is 2. The fourth-order valence-electron chi connectivity index (χ4n) is 2.41. The summed E-state index contributed by atoms with van der Waals surface area (Å²) in [6.07, 6.45) is 0.948. The lowest BCUT2D eigenvalue weighted by molar-refractivity contribution is -0.116. The Morgan fingerprint density at radius 3 is 2.46 bits per heavy atom. The Balaban J connectivity index is 2.07. The lowest BCUT2D eigenvalue weighted by Crippen LogP contribution is -2.14. The number of carbonyl (C=O) groups excluding carboxylic acids is 2. The summed E-state index contributed by atoms with van der Waals surface area (Å²) in [5.74, 6) is -0.399. The van der Waals surface area contributed by atoms with Crippen molar-refractivity contribution in [1.82, 2.24) is 0 Å². The number of amides is 1. The van der Waals surface area contributed by atoms with E-state index >= 15 is 0 Å². The Hall–Kier alpha value is -2.53. The van der Waals surface area contributed by atoms with Crippen molar-refractivity contribution in [3.8, 4) is 5.75 Å². The predicted molar refractivity (Wildman–Crippen MR) is 102 cm³/mol. The minimum Gasteiger partial charge on any atom is -0.496 e. The van der Waals surface area contributed by atoms with Gasteiger partial charge in [-0.2, -0.15) is 0 Å². The number of ether oxygens (including phenoxy) is 2. The molecule has 0 saturated carbocycles. The zero-order valence-corrected chi connectivity index (χ0v) is 15.9. The van der Waals surface area contributed by atoms with Crippen molar-refractivity contribution in [3.63, 3.8) is 0 Å². The maximum absolute atomic E-state index is 12.2. The number of carbonyl (C=O) groups is 2. The molecule has 0 aliphatic heterocycles. The number of rotatable bonds is 7. The Bertz CT molecular complexity index is 787. The third kappa shape index (κ3) is 5.23. The molecule has 2 aromatic rings. The van der Waals surface area contributed by atoms with E-state index in [0.717, 1.165) is 5.56 Å². The molecule has 1 amide bonds. The van der Waals surface area contributed by atoms with Gasteiger partial charge < -0.3 is 14.8 Å². The van der Waals surface area contributed by atoms with Gasteiger partial charge in [-0.05, 0) is 31.9 Å². The van der Waals surface area contributed by atoms with E-state index in [9.17, 15) is 9.59 Å². The van der Waals surface area contributed by atoms with Crippen LogP contribution in [0.3, 0.4) is 0 Å². The van der Waals surface area contributed by atoms with E-state index in [4.69, 9.17) is 21.1 Å². The molecule has 5 nitrogen and oxygen atoms in total. The lowest BCUT2D eigenvalue weighted by Gasteiger charge is -2.13. The van der Waals surface area contributed by atoms with Crippen molar-refractivity contribution >= 4 is 29.2 Å². The van der Waals surface area contributed by atoms with Gasteiger partial charge >= 0.3 is 5.97 Å². The van der Waals surface area contributed by atoms with Gasteiger partial charge in [-0.3, -0.25) is 4.79 Å².